The first kappa shape index (κ1) is 5.90. The number of nitrogens with zero attached hydrogens (tertiary/aromatic N) is 1. The molecule has 1 aromatic heterocycles. The van der Waals surface area contributed by atoms with Crippen LogP contribution in [0.15, 0.2) is 18.3 Å². The van der Waals surface area contributed by atoms with Crippen LogP contribution in [0, 0.1) is 11.3 Å². The Labute approximate surface area is 54.1 Å². The van der Waals surface area contributed by atoms with Gasteiger partial charge in [-0.2, -0.15) is 5.26 Å². The molecular weight excluding hydrogens is 112 g/mol. The van der Waals surface area contributed by atoms with Crippen LogP contribution in [-0.4, -0.2) is 4.98 Å². The van der Waals surface area contributed by atoms with Crippen molar-refractivity contribution in [1.29, 1.82) is 5.26 Å². The standard InChI is InChI=1S/C7H8N2/c1-6(5-8)7-3-2-4-9-7/h2-4,6,9H,1H3. The zero-order valence-electron chi connectivity index (χ0n) is 5.26. The SMILES string of the molecule is CC(C#N)c1ccc[nH]1. The monoisotopic (exact) mass is 120 g/mol. The lowest BCUT2D eigenvalue weighted by Gasteiger charge is -1.94. The molecule has 1 unspecified atom stereocenters. The van der Waals surface area contributed by atoms with Crippen LogP contribution in [0.3, 0.4) is 0 Å². The maximum absolute atomic E-state index is 8.44. The van der Waals surface area contributed by atoms with Crippen LogP contribution in [-0.2, 0) is 0 Å². The van der Waals surface area contributed by atoms with Gasteiger partial charge in [0.05, 0.1) is 12.0 Å². The molecule has 1 N–H and O–H groups in total. The molecule has 1 aromatic rings. The average molecular weight is 120 g/mol. The highest BCUT2D eigenvalue weighted by Crippen LogP contribution is 2.09. The minimum Gasteiger partial charge on any atom is -0.364 e. The molecule has 0 saturated carbocycles. The van der Waals surface area contributed by atoms with Gasteiger partial charge >= 0.3 is 0 Å². The first-order valence-electron chi connectivity index (χ1n) is 2.87. The maximum atomic E-state index is 8.44. The quantitative estimate of drug-likeness (QED) is 0.601. The van der Waals surface area contributed by atoms with Crippen molar-refractivity contribution >= 4 is 0 Å². The highest BCUT2D eigenvalue weighted by molar-refractivity contribution is 5.15. The molecule has 1 rings (SSSR count). The maximum Gasteiger partial charge on any atom is 0.0834 e. The Morgan fingerprint density at radius 3 is 3.00 bits per heavy atom. The Bertz CT molecular complexity index is 205. The van der Waals surface area contributed by atoms with Gasteiger partial charge in [-0.1, -0.05) is 0 Å². The Morgan fingerprint density at radius 2 is 2.56 bits per heavy atom. The van der Waals surface area contributed by atoms with Crippen LogP contribution in [0.1, 0.15) is 18.5 Å². The van der Waals surface area contributed by atoms with Crippen LogP contribution in [0.25, 0.3) is 0 Å². The fraction of sp³-hybridized carbons (Fsp3) is 0.286. The van der Waals surface area contributed by atoms with E-state index in [1.54, 1.807) is 0 Å². The van der Waals surface area contributed by atoms with E-state index in [2.05, 4.69) is 11.1 Å². The molecule has 0 radical (unpaired) electrons. The lowest BCUT2D eigenvalue weighted by molar-refractivity contribution is 0.935. The molecule has 46 valence electrons. The Balaban J connectivity index is 2.80. The van der Waals surface area contributed by atoms with Crippen molar-refractivity contribution < 1.29 is 0 Å². The molecule has 1 atom stereocenters. The molecular formula is C7H8N2. The molecule has 0 aliphatic heterocycles. The van der Waals surface area contributed by atoms with Crippen molar-refractivity contribution in [3.05, 3.63) is 24.0 Å². The van der Waals surface area contributed by atoms with Gasteiger partial charge in [0.1, 0.15) is 0 Å². The molecule has 1 heterocycles. The van der Waals surface area contributed by atoms with E-state index in [9.17, 15) is 0 Å². The smallest absolute Gasteiger partial charge is 0.0834 e. The van der Waals surface area contributed by atoms with Crippen LogP contribution >= 0.6 is 0 Å². The number of rotatable bonds is 1. The summed E-state index contributed by atoms with van der Waals surface area (Å²) in [6, 6.07) is 5.94. The summed E-state index contributed by atoms with van der Waals surface area (Å²) >= 11 is 0. The van der Waals surface area contributed by atoms with Crippen molar-refractivity contribution in [3.63, 3.8) is 0 Å². The summed E-state index contributed by atoms with van der Waals surface area (Å²) in [7, 11) is 0. The molecule has 9 heavy (non-hydrogen) atoms. The number of hydrogen-bond donors (Lipinski definition) is 1. The number of aromatic nitrogens is 1. The summed E-state index contributed by atoms with van der Waals surface area (Å²) < 4.78 is 0. The summed E-state index contributed by atoms with van der Waals surface area (Å²) in [6.45, 7) is 1.87. The number of hydrogen-bond acceptors (Lipinski definition) is 1. The average Bonchev–Trinajstić information content (AvgIpc) is 2.37. The van der Waals surface area contributed by atoms with Crippen LogP contribution in [0.5, 0.6) is 0 Å². The van der Waals surface area contributed by atoms with E-state index in [-0.39, 0.29) is 5.92 Å². The van der Waals surface area contributed by atoms with Gasteiger partial charge in [-0.3, -0.25) is 0 Å². The van der Waals surface area contributed by atoms with Gasteiger partial charge in [-0.15, -0.1) is 0 Å². The van der Waals surface area contributed by atoms with Crippen LogP contribution < -0.4 is 0 Å². The van der Waals surface area contributed by atoms with Gasteiger partial charge in [0.15, 0.2) is 0 Å². The van der Waals surface area contributed by atoms with E-state index in [0.717, 1.165) is 5.69 Å². The highest BCUT2D eigenvalue weighted by atomic mass is 14.7. The minimum atomic E-state index is -0.0139. The van der Waals surface area contributed by atoms with Gasteiger partial charge in [0.2, 0.25) is 0 Å². The minimum absolute atomic E-state index is 0.0139. The summed E-state index contributed by atoms with van der Waals surface area (Å²) in [4.78, 5) is 2.97. The van der Waals surface area contributed by atoms with Gasteiger partial charge in [0, 0.05) is 11.9 Å². The van der Waals surface area contributed by atoms with E-state index < -0.39 is 0 Å². The normalized spacial score (nSPS) is 12.4. The summed E-state index contributed by atoms with van der Waals surface area (Å²) in [5.74, 6) is -0.0139. The van der Waals surface area contributed by atoms with Crippen molar-refractivity contribution in [2.75, 3.05) is 0 Å². The molecule has 0 fully saturated rings. The second-order valence-corrected chi connectivity index (χ2v) is 1.98. The van der Waals surface area contributed by atoms with Crippen LogP contribution in [0.4, 0.5) is 0 Å². The number of nitriles is 1. The third-order valence-corrected chi connectivity index (χ3v) is 1.28. The van der Waals surface area contributed by atoms with E-state index >= 15 is 0 Å². The van der Waals surface area contributed by atoms with E-state index in [4.69, 9.17) is 5.26 Å². The second kappa shape index (κ2) is 2.36. The fourth-order valence-electron chi connectivity index (χ4n) is 0.683. The Kier molecular flexibility index (Phi) is 1.55. The molecule has 0 aliphatic carbocycles. The number of nitrogens with one attached hydrogen (secondary N) is 1. The molecule has 0 spiro atoms. The summed E-state index contributed by atoms with van der Waals surface area (Å²) in [5, 5.41) is 8.44. The fourth-order valence-corrected chi connectivity index (χ4v) is 0.683. The van der Waals surface area contributed by atoms with Crippen molar-refractivity contribution in [3.8, 4) is 6.07 Å². The van der Waals surface area contributed by atoms with Gasteiger partial charge < -0.3 is 4.98 Å². The lowest BCUT2D eigenvalue weighted by Crippen LogP contribution is -1.87. The zero-order chi connectivity index (χ0) is 6.69. The molecule has 0 amide bonds. The number of aromatic amines is 1. The van der Waals surface area contributed by atoms with E-state index in [0.29, 0.717) is 0 Å². The Hall–Kier alpha value is -1.23. The molecule has 2 nitrogen and oxygen atoms in total. The lowest BCUT2D eigenvalue weighted by atomic mass is 10.1. The van der Waals surface area contributed by atoms with Crippen LogP contribution in [0.2, 0.25) is 0 Å². The second-order valence-electron chi connectivity index (χ2n) is 1.98. The summed E-state index contributed by atoms with van der Waals surface area (Å²) in [5.41, 5.74) is 0.984. The van der Waals surface area contributed by atoms with Crippen molar-refractivity contribution in [2.24, 2.45) is 0 Å². The molecule has 0 aromatic carbocycles. The number of H-pyrrole nitrogens is 1. The van der Waals surface area contributed by atoms with Crippen molar-refractivity contribution in [2.45, 2.75) is 12.8 Å². The van der Waals surface area contributed by atoms with E-state index in [1.807, 2.05) is 25.3 Å². The first-order valence-corrected chi connectivity index (χ1v) is 2.87. The van der Waals surface area contributed by atoms with Gasteiger partial charge in [0.25, 0.3) is 0 Å². The van der Waals surface area contributed by atoms with Gasteiger partial charge in [-0.05, 0) is 19.1 Å². The highest BCUT2D eigenvalue weighted by Gasteiger charge is 2.00. The first-order chi connectivity index (χ1) is 4.34. The molecule has 2 heteroatoms. The molecule has 0 bridgehead atoms. The third kappa shape index (κ3) is 1.11. The third-order valence-electron chi connectivity index (χ3n) is 1.28. The zero-order valence-corrected chi connectivity index (χ0v) is 5.26. The molecule has 0 saturated heterocycles. The predicted molar refractivity (Wildman–Crippen MR) is 34.8 cm³/mol. The summed E-state index contributed by atoms with van der Waals surface area (Å²) in [6.07, 6.45) is 1.82. The topological polar surface area (TPSA) is 39.6 Å². The predicted octanol–water partition coefficient (Wildman–Crippen LogP) is 1.64. The largest absolute Gasteiger partial charge is 0.364 e. The van der Waals surface area contributed by atoms with Gasteiger partial charge in [-0.25, -0.2) is 0 Å². The Morgan fingerprint density at radius 1 is 1.78 bits per heavy atom. The molecule has 0 aliphatic rings. The van der Waals surface area contributed by atoms with Crippen molar-refractivity contribution in [1.82, 2.24) is 4.98 Å². The van der Waals surface area contributed by atoms with E-state index in [1.165, 1.54) is 0 Å².